The number of ether oxygens (including phenoxy) is 1. The van der Waals surface area contributed by atoms with Gasteiger partial charge in [-0.1, -0.05) is 17.3 Å². The Hall–Kier alpha value is -1.80. The van der Waals surface area contributed by atoms with E-state index in [2.05, 4.69) is 70.4 Å². The van der Waals surface area contributed by atoms with Crippen LogP contribution in [0.5, 0.6) is 0 Å². The minimum absolute atomic E-state index is 0.167. The lowest BCUT2D eigenvalue weighted by atomic mass is 10.1. The number of aromatic nitrogens is 2. The molecule has 0 spiro atoms. The van der Waals surface area contributed by atoms with Gasteiger partial charge in [0.05, 0.1) is 18.2 Å². The van der Waals surface area contributed by atoms with Crippen LogP contribution in [0, 0.1) is 0 Å². The van der Waals surface area contributed by atoms with Gasteiger partial charge in [0.25, 0.3) is 5.89 Å². The van der Waals surface area contributed by atoms with E-state index in [4.69, 9.17) is 9.26 Å². The van der Waals surface area contributed by atoms with Crippen molar-refractivity contribution in [2.24, 2.45) is 0 Å². The van der Waals surface area contributed by atoms with Crippen molar-refractivity contribution in [3.05, 3.63) is 35.7 Å². The van der Waals surface area contributed by atoms with Crippen molar-refractivity contribution < 1.29 is 9.26 Å². The molecule has 2 aromatic rings. The zero-order valence-corrected chi connectivity index (χ0v) is 16.4. The largest absolute Gasteiger partial charge is 0.373 e. The zero-order valence-electron chi connectivity index (χ0n) is 16.4. The number of nitrogens with one attached hydrogen (secondary N) is 1. The second-order valence-electron chi connectivity index (χ2n) is 7.81. The molecule has 3 atom stereocenters. The molecule has 2 aliphatic heterocycles. The van der Waals surface area contributed by atoms with Crippen LogP contribution < -0.4 is 5.32 Å². The number of benzene rings is 1. The number of hydrogen-bond donors (Lipinski definition) is 1. The quantitative estimate of drug-likeness (QED) is 0.881. The number of nitrogens with zero attached hydrogens (tertiary/aromatic N) is 4. The smallest absolute Gasteiger partial charge is 0.257 e. The summed E-state index contributed by atoms with van der Waals surface area (Å²) in [5.74, 6) is 1.34. The van der Waals surface area contributed by atoms with Gasteiger partial charge in [0.15, 0.2) is 5.82 Å². The summed E-state index contributed by atoms with van der Waals surface area (Å²) in [6, 6.07) is 8.61. The summed E-state index contributed by atoms with van der Waals surface area (Å²) in [5, 5.41) is 7.60. The van der Waals surface area contributed by atoms with Crippen molar-refractivity contribution >= 4 is 0 Å². The van der Waals surface area contributed by atoms with E-state index in [1.165, 1.54) is 5.56 Å². The van der Waals surface area contributed by atoms with E-state index in [0.29, 0.717) is 5.89 Å². The molecule has 0 radical (unpaired) electrons. The fourth-order valence-corrected chi connectivity index (χ4v) is 4.01. The summed E-state index contributed by atoms with van der Waals surface area (Å²) in [7, 11) is 2.10. The van der Waals surface area contributed by atoms with Crippen LogP contribution in [0.4, 0.5) is 0 Å². The molecule has 0 bridgehead atoms. The van der Waals surface area contributed by atoms with Gasteiger partial charge in [0.1, 0.15) is 0 Å². The van der Waals surface area contributed by atoms with Crippen molar-refractivity contribution in [3.63, 3.8) is 0 Å². The monoisotopic (exact) mass is 371 g/mol. The number of hydrogen-bond acceptors (Lipinski definition) is 7. The maximum Gasteiger partial charge on any atom is 0.257 e. The van der Waals surface area contributed by atoms with Crippen LogP contribution in [0.3, 0.4) is 0 Å². The topological polar surface area (TPSA) is 66.7 Å². The highest BCUT2D eigenvalue weighted by molar-refractivity contribution is 5.53. The van der Waals surface area contributed by atoms with Crippen LogP contribution >= 0.6 is 0 Å². The van der Waals surface area contributed by atoms with Crippen molar-refractivity contribution in [1.82, 2.24) is 25.3 Å². The fraction of sp³-hybridized carbons (Fsp3) is 0.600. The SMILES string of the molecule is CC1CN(Cc2ccc(-c3nc(C4CNCCN4C)no3)cc2)CC(C)O1. The summed E-state index contributed by atoms with van der Waals surface area (Å²) < 4.78 is 11.3. The molecular weight excluding hydrogens is 342 g/mol. The molecule has 3 unspecified atom stereocenters. The number of morpholine rings is 1. The number of piperazine rings is 1. The van der Waals surface area contributed by atoms with Gasteiger partial charge >= 0.3 is 0 Å². The van der Waals surface area contributed by atoms with Crippen LogP contribution in [-0.2, 0) is 11.3 Å². The summed E-state index contributed by atoms with van der Waals surface area (Å²) in [5.41, 5.74) is 2.25. The normalized spacial score (nSPS) is 27.7. The van der Waals surface area contributed by atoms with E-state index in [0.717, 1.165) is 50.7 Å². The van der Waals surface area contributed by atoms with E-state index >= 15 is 0 Å². The van der Waals surface area contributed by atoms with Crippen molar-refractivity contribution in [1.29, 1.82) is 0 Å². The standard InChI is InChI=1S/C20H29N5O2/c1-14-11-25(12-15(2)26-14)13-16-4-6-17(7-5-16)20-22-19(23-27-20)18-10-21-8-9-24(18)3/h4-7,14-15,18,21H,8-13H2,1-3H3. The molecule has 7 heteroatoms. The molecule has 1 N–H and O–H groups in total. The Morgan fingerprint density at radius 3 is 2.59 bits per heavy atom. The maximum absolute atomic E-state index is 5.81. The van der Waals surface area contributed by atoms with Crippen LogP contribution in [0.1, 0.15) is 31.3 Å². The van der Waals surface area contributed by atoms with Crippen molar-refractivity contribution in [3.8, 4) is 11.5 Å². The second kappa shape index (κ2) is 8.06. The van der Waals surface area contributed by atoms with Crippen LogP contribution in [-0.4, -0.2) is 71.9 Å². The zero-order chi connectivity index (χ0) is 18.8. The first-order valence-electron chi connectivity index (χ1n) is 9.80. The maximum atomic E-state index is 5.81. The van der Waals surface area contributed by atoms with Gasteiger partial charge in [-0.2, -0.15) is 4.98 Å². The highest BCUT2D eigenvalue weighted by Gasteiger charge is 2.26. The van der Waals surface area contributed by atoms with Crippen LogP contribution in [0.2, 0.25) is 0 Å². The number of likely N-dealkylation sites (N-methyl/N-ethyl adjacent to an activating group) is 1. The predicted octanol–water partition coefficient (Wildman–Crippen LogP) is 1.92. The molecule has 146 valence electrons. The lowest BCUT2D eigenvalue weighted by Gasteiger charge is -2.35. The van der Waals surface area contributed by atoms with Gasteiger partial charge in [0.2, 0.25) is 0 Å². The van der Waals surface area contributed by atoms with Gasteiger partial charge in [-0.3, -0.25) is 9.80 Å². The molecule has 3 heterocycles. The van der Waals surface area contributed by atoms with Crippen molar-refractivity contribution in [2.45, 2.75) is 38.6 Å². The van der Waals surface area contributed by atoms with Crippen molar-refractivity contribution in [2.75, 3.05) is 39.8 Å². The Labute approximate surface area is 160 Å². The summed E-state index contributed by atoms with van der Waals surface area (Å²) >= 11 is 0. The minimum Gasteiger partial charge on any atom is -0.373 e. The third-order valence-electron chi connectivity index (χ3n) is 5.35. The van der Waals surface area contributed by atoms with E-state index in [9.17, 15) is 0 Å². The van der Waals surface area contributed by atoms with Crippen LogP contribution in [0.25, 0.3) is 11.5 Å². The Bertz CT molecular complexity index is 737. The third-order valence-corrected chi connectivity index (χ3v) is 5.35. The Morgan fingerprint density at radius 1 is 1.15 bits per heavy atom. The average Bonchev–Trinajstić information content (AvgIpc) is 3.12. The molecule has 27 heavy (non-hydrogen) atoms. The van der Waals surface area contributed by atoms with E-state index in [1.54, 1.807) is 0 Å². The van der Waals surface area contributed by atoms with Gasteiger partial charge < -0.3 is 14.6 Å². The van der Waals surface area contributed by atoms with Crippen LogP contribution in [0.15, 0.2) is 28.8 Å². The predicted molar refractivity (Wildman–Crippen MR) is 103 cm³/mol. The fourth-order valence-electron chi connectivity index (χ4n) is 4.01. The van der Waals surface area contributed by atoms with E-state index in [-0.39, 0.29) is 18.2 Å². The molecule has 2 aliphatic rings. The summed E-state index contributed by atoms with van der Waals surface area (Å²) in [6.45, 7) is 10.00. The molecule has 1 aromatic heterocycles. The molecule has 2 saturated heterocycles. The van der Waals surface area contributed by atoms with E-state index in [1.807, 2.05) is 0 Å². The summed E-state index contributed by atoms with van der Waals surface area (Å²) in [4.78, 5) is 9.34. The highest BCUT2D eigenvalue weighted by atomic mass is 16.5. The molecule has 0 aliphatic carbocycles. The molecule has 0 saturated carbocycles. The Morgan fingerprint density at radius 2 is 1.89 bits per heavy atom. The molecule has 0 amide bonds. The van der Waals surface area contributed by atoms with Gasteiger partial charge in [-0.15, -0.1) is 0 Å². The average molecular weight is 371 g/mol. The first-order valence-corrected chi connectivity index (χ1v) is 9.80. The van der Waals surface area contributed by atoms with Gasteiger partial charge in [0, 0.05) is 44.8 Å². The first kappa shape index (κ1) is 18.6. The molecular formula is C20H29N5O2. The molecule has 7 nitrogen and oxygen atoms in total. The highest BCUT2D eigenvalue weighted by Crippen LogP contribution is 2.23. The van der Waals surface area contributed by atoms with Gasteiger partial charge in [-0.05, 0) is 38.6 Å². The van der Waals surface area contributed by atoms with Gasteiger partial charge in [-0.25, -0.2) is 0 Å². The first-order chi connectivity index (χ1) is 13.1. The Balaban J connectivity index is 1.42. The van der Waals surface area contributed by atoms with E-state index < -0.39 is 0 Å². The molecule has 4 rings (SSSR count). The summed E-state index contributed by atoms with van der Waals surface area (Å²) in [6.07, 6.45) is 0.578. The Kier molecular flexibility index (Phi) is 5.54. The second-order valence-corrected chi connectivity index (χ2v) is 7.81. The molecule has 1 aromatic carbocycles. The molecule has 2 fully saturated rings. The lowest BCUT2D eigenvalue weighted by molar-refractivity contribution is -0.0704. The minimum atomic E-state index is 0.167. The number of rotatable bonds is 4. The lowest BCUT2D eigenvalue weighted by Crippen LogP contribution is -2.44. The third kappa shape index (κ3) is 4.38.